The second kappa shape index (κ2) is 6.55. The van der Waals surface area contributed by atoms with E-state index in [1.165, 1.54) is 0 Å². The first-order valence-corrected chi connectivity index (χ1v) is 6.80. The van der Waals surface area contributed by atoms with Crippen LogP contribution in [0.5, 0.6) is 0 Å². The summed E-state index contributed by atoms with van der Waals surface area (Å²) in [5, 5.41) is 0.718. The second-order valence-corrected chi connectivity index (χ2v) is 6.39. The first-order valence-electron chi connectivity index (χ1n) is 6.43. The summed E-state index contributed by atoms with van der Waals surface area (Å²) < 4.78 is 5.94. The van der Waals surface area contributed by atoms with Crippen LogP contribution < -0.4 is 5.73 Å². The molecule has 18 heavy (non-hydrogen) atoms. The van der Waals surface area contributed by atoms with E-state index in [0.29, 0.717) is 6.61 Å². The van der Waals surface area contributed by atoms with Gasteiger partial charge in [0.1, 0.15) is 0 Å². The molecule has 0 spiro atoms. The van der Waals surface area contributed by atoms with Crippen LogP contribution in [0.15, 0.2) is 24.3 Å². The minimum atomic E-state index is -0.138. The minimum Gasteiger partial charge on any atom is -0.372 e. The summed E-state index contributed by atoms with van der Waals surface area (Å²) in [6.45, 7) is 9.25. The lowest BCUT2D eigenvalue weighted by molar-refractivity contribution is 0.0242. The van der Waals surface area contributed by atoms with Gasteiger partial charge < -0.3 is 10.5 Å². The van der Waals surface area contributed by atoms with E-state index in [4.69, 9.17) is 22.1 Å². The molecule has 0 saturated heterocycles. The molecule has 3 heteroatoms. The van der Waals surface area contributed by atoms with Crippen LogP contribution in [0.3, 0.4) is 0 Å². The average molecular weight is 270 g/mol. The lowest BCUT2D eigenvalue weighted by atomic mass is 9.93. The van der Waals surface area contributed by atoms with Crippen molar-refractivity contribution >= 4 is 11.6 Å². The maximum Gasteiger partial charge on any atom is 0.0987 e. The summed E-state index contributed by atoms with van der Waals surface area (Å²) in [6, 6.07) is 7.65. The Labute approximate surface area is 115 Å². The summed E-state index contributed by atoms with van der Waals surface area (Å²) in [5.41, 5.74) is 7.25. The molecule has 0 aliphatic carbocycles. The Balaban J connectivity index is 2.70. The molecule has 0 aliphatic rings. The van der Waals surface area contributed by atoms with Crippen LogP contribution in [0.25, 0.3) is 0 Å². The van der Waals surface area contributed by atoms with Gasteiger partial charge in [0.25, 0.3) is 0 Å². The lowest BCUT2D eigenvalue weighted by Gasteiger charge is -2.25. The molecule has 2 unspecified atom stereocenters. The van der Waals surface area contributed by atoms with Crippen molar-refractivity contribution in [3.05, 3.63) is 34.9 Å². The third-order valence-electron chi connectivity index (χ3n) is 2.84. The molecule has 0 amide bonds. The van der Waals surface area contributed by atoms with Gasteiger partial charge in [-0.25, -0.2) is 0 Å². The smallest absolute Gasteiger partial charge is 0.0987 e. The van der Waals surface area contributed by atoms with Crippen molar-refractivity contribution in [2.75, 3.05) is 6.61 Å². The molecule has 0 aromatic heterocycles. The highest BCUT2D eigenvalue weighted by atomic mass is 35.5. The zero-order valence-corrected chi connectivity index (χ0v) is 12.5. The van der Waals surface area contributed by atoms with Crippen molar-refractivity contribution < 1.29 is 4.74 Å². The van der Waals surface area contributed by atoms with Gasteiger partial charge in [0.15, 0.2) is 0 Å². The Kier molecular flexibility index (Phi) is 5.64. The quantitative estimate of drug-likeness (QED) is 0.870. The number of hydrogen-bond donors (Lipinski definition) is 1. The molecule has 1 rings (SSSR count). The molecule has 1 aromatic rings. The van der Waals surface area contributed by atoms with Crippen molar-refractivity contribution in [1.29, 1.82) is 0 Å². The summed E-state index contributed by atoms with van der Waals surface area (Å²) in [5.74, 6) is 0. The summed E-state index contributed by atoms with van der Waals surface area (Å²) in [7, 11) is 0. The standard InChI is InChI=1S/C15H24ClNO/c1-11(17)14(18-10-9-15(2,3)4)12-7-5-6-8-13(12)16/h5-8,11,14H,9-10,17H2,1-4H3. The topological polar surface area (TPSA) is 35.2 Å². The zero-order chi connectivity index (χ0) is 13.8. The van der Waals surface area contributed by atoms with Crippen LogP contribution in [0.1, 0.15) is 45.8 Å². The number of hydrogen-bond acceptors (Lipinski definition) is 2. The van der Waals surface area contributed by atoms with Crippen LogP contribution in [-0.2, 0) is 4.74 Å². The van der Waals surface area contributed by atoms with Crippen molar-refractivity contribution in [2.45, 2.75) is 46.3 Å². The van der Waals surface area contributed by atoms with Gasteiger partial charge in [-0.3, -0.25) is 0 Å². The van der Waals surface area contributed by atoms with Crippen LogP contribution in [0, 0.1) is 5.41 Å². The van der Waals surface area contributed by atoms with Crippen LogP contribution >= 0.6 is 11.6 Å². The van der Waals surface area contributed by atoms with Crippen molar-refractivity contribution in [2.24, 2.45) is 11.1 Å². The minimum absolute atomic E-state index is 0.0788. The SMILES string of the molecule is CC(N)C(OCCC(C)(C)C)c1ccccc1Cl. The number of nitrogens with two attached hydrogens (primary N) is 1. The third-order valence-corrected chi connectivity index (χ3v) is 3.18. The first-order chi connectivity index (χ1) is 8.31. The predicted molar refractivity (Wildman–Crippen MR) is 77.9 cm³/mol. The van der Waals surface area contributed by atoms with Gasteiger partial charge >= 0.3 is 0 Å². The first kappa shape index (κ1) is 15.5. The molecule has 0 saturated carbocycles. The van der Waals surface area contributed by atoms with E-state index in [0.717, 1.165) is 17.0 Å². The lowest BCUT2D eigenvalue weighted by Crippen LogP contribution is -2.28. The maximum atomic E-state index is 6.20. The molecule has 2 N–H and O–H groups in total. The molecule has 0 heterocycles. The molecule has 0 fully saturated rings. The van der Waals surface area contributed by atoms with E-state index in [9.17, 15) is 0 Å². The molecule has 0 bridgehead atoms. The summed E-state index contributed by atoms with van der Waals surface area (Å²) in [6.07, 6.45) is 0.863. The Morgan fingerprint density at radius 1 is 1.28 bits per heavy atom. The van der Waals surface area contributed by atoms with Crippen LogP contribution in [0.4, 0.5) is 0 Å². The fraction of sp³-hybridized carbons (Fsp3) is 0.600. The van der Waals surface area contributed by atoms with Gasteiger partial charge in [-0.2, -0.15) is 0 Å². The van der Waals surface area contributed by atoms with Gasteiger partial charge in [-0.05, 0) is 24.8 Å². The molecule has 0 aliphatic heterocycles. The highest BCUT2D eigenvalue weighted by molar-refractivity contribution is 6.31. The Morgan fingerprint density at radius 3 is 2.39 bits per heavy atom. The highest BCUT2D eigenvalue weighted by Gasteiger charge is 2.20. The molecule has 1 aromatic carbocycles. The summed E-state index contributed by atoms with van der Waals surface area (Å²) >= 11 is 6.20. The van der Waals surface area contributed by atoms with Crippen molar-refractivity contribution in [3.8, 4) is 0 Å². The van der Waals surface area contributed by atoms with Crippen molar-refractivity contribution in [1.82, 2.24) is 0 Å². The number of rotatable bonds is 5. The number of ether oxygens (including phenoxy) is 1. The average Bonchev–Trinajstić information content (AvgIpc) is 2.24. The Morgan fingerprint density at radius 2 is 1.89 bits per heavy atom. The Bertz CT molecular complexity index is 371. The monoisotopic (exact) mass is 269 g/mol. The summed E-state index contributed by atoms with van der Waals surface area (Å²) in [4.78, 5) is 0. The van der Waals surface area contributed by atoms with E-state index in [1.807, 2.05) is 31.2 Å². The van der Waals surface area contributed by atoms with Gasteiger partial charge in [-0.15, -0.1) is 0 Å². The van der Waals surface area contributed by atoms with E-state index >= 15 is 0 Å². The zero-order valence-electron chi connectivity index (χ0n) is 11.7. The third kappa shape index (κ3) is 4.97. The maximum absolute atomic E-state index is 6.20. The van der Waals surface area contributed by atoms with E-state index < -0.39 is 0 Å². The highest BCUT2D eigenvalue weighted by Crippen LogP contribution is 2.28. The second-order valence-electron chi connectivity index (χ2n) is 5.98. The predicted octanol–water partition coefficient (Wildman–Crippen LogP) is 4.18. The van der Waals surface area contributed by atoms with E-state index in [2.05, 4.69) is 20.8 Å². The molecule has 2 nitrogen and oxygen atoms in total. The normalized spacial score (nSPS) is 15.4. The molecule has 0 radical (unpaired) electrons. The van der Waals surface area contributed by atoms with Gasteiger partial charge in [0, 0.05) is 23.2 Å². The fourth-order valence-electron chi connectivity index (χ4n) is 1.72. The van der Waals surface area contributed by atoms with E-state index in [-0.39, 0.29) is 17.6 Å². The molecule has 102 valence electrons. The molecular formula is C15H24ClNO. The molecule has 2 atom stereocenters. The number of halogens is 1. The van der Waals surface area contributed by atoms with Gasteiger partial charge in [0.05, 0.1) is 6.10 Å². The van der Waals surface area contributed by atoms with Gasteiger partial charge in [-0.1, -0.05) is 50.6 Å². The van der Waals surface area contributed by atoms with Crippen LogP contribution in [-0.4, -0.2) is 12.6 Å². The van der Waals surface area contributed by atoms with Crippen LogP contribution in [0.2, 0.25) is 5.02 Å². The largest absolute Gasteiger partial charge is 0.372 e. The van der Waals surface area contributed by atoms with Gasteiger partial charge in [0.2, 0.25) is 0 Å². The fourth-order valence-corrected chi connectivity index (χ4v) is 1.97. The number of benzene rings is 1. The van der Waals surface area contributed by atoms with E-state index in [1.54, 1.807) is 0 Å². The van der Waals surface area contributed by atoms with Crippen molar-refractivity contribution in [3.63, 3.8) is 0 Å². The Hall–Kier alpha value is -0.570. The molecular weight excluding hydrogens is 246 g/mol.